The van der Waals surface area contributed by atoms with Crippen molar-refractivity contribution in [3.63, 3.8) is 0 Å². The lowest BCUT2D eigenvalue weighted by molar-refractivity contribution is 1.18. The van der Waals surface area contributed by atoms with Gasteiger partial charge in [-0.1, -0.05) is 146 Å². The maximum Gasteiger partial charge on any atom is 0.0640 e. The number of nitrogens with zero attached hydrogens (tertiary/aromatic N) is 2. The van der Waals surface area contributed by atoms with E-state index >= 15 is 0 Å². The molecular weight excluding hydrogens is 741 g/mol. The summed E-state index contributed by atoms with van der Waals surface area (Å²) in [5, 5.41) is 7.71. The molecule has 0 spiro atoms. The Balaban J connectivity index is 1.01. The molecule has 0 N–H and O–H groups in total. The number of thiophene rings is 2. The zero-order valence-electron chi connectivity index (χ0n) is 31.3. The molecular formula is C54H34N2S2. The molecule has 2 nitrogen and oxygen atoms in total. The van der Waals surface area contributed by atoms with Crippen molar-refractivity contribution < 1.29 is 0 Å². The van der Waals surface area contributed by atoms with E-state index < -0.39 is 0 Å². The van der Waals surface area contributed by atoms with Crippen LogP contribution in [0.3, 0.4) is 0 Å². The van der Waals surface area contributed by atoms with Crippen LogP contribution in [0.15, 0.2) is 206 Å². The van der Waals surface area contributed by atoms with E-state index in [1.54, 1.807) is 0 Å². The van der Waals surface area contributed by atoms with Crippen LogP contribution in [0.5, 0.6) is 0 Å². The molecule has 9 aromatic carbocycles. The van der Waals surface area contributed by atoms with E-state index in [0.29, 0.717) is 0 Å². The second kappa shape index (κ2) is 13.3. The lowest BCUT2D eigenvalue weighted by Gasteiger charge is -2.27. The van der Waals surface area contributed by atoms with E-state index in [0.717, 1.165) is 11.4 Å². The Labute approximate surface area is 343 Å². The fraction of sp³-hybridized carbons (Fsp3) is 0. The normalized spacial score (nSPS) is 11.8. The van der Waals surface area contributed by atoms with Gasteiger partial charge in [0, 0.05) is 53.1 Å². The lowest BCUT2D eigenvalue weighted by Crippen LogP contribution is -2.10. The van der Waals surface area contributed by atoms with E-state index in [-0.39, 0.29) is 0 Å². The molecule has 0 aliphatic carbocycles. The van der Waals surface area contributed by atoms with Crippen molar-refractivity contribution in [2.24, 2.45) is 0 Å². The van der Waals surface area contributed by atoms with Crippen LogP contribution in [0.2, 0.25) is 0 Å². The Kier molecular flexibility index (Phi) is 7.62. The van der Waals surface area contributed by atoms with Crippen LogP contribution in [0.1, 0.15) is 0 Å². The molecule has 0 amide bonds. The second-order valence-corrected chi connectivity index (χ2v) is 17.0. The minimum absolute atomic E-state index is 1.13. The molecule has 0 unspecified atom stereocenters. The van der Waals surface area contributed by atoms with Crippen LogP contribution >= 0.6 is 22.7 Å². The third kappa shape index (κ3) is 5.23. The number of aromatic nitrogens is 1. The average Bonchev–Trinajstić information content (AvgIpc) is 3.97. The minimum Gasteiger partial charge on any atom is -0.309 e. The molecule has 3 aromatic heterocycles. The Morgan fingerprint density at radius 3 is 1.47 bits per heavy atom. The minimum atomic E-state index is 1.13. The van der Waals surface area contributed by atoms with Gasteiger partial charge in [0.05, 0.1) is 31.8 Å². The van der Waals surface area contributed by atoms with Gasteiger partial charge < -0.3 is 9.47 Å². The summed E-state index contributed by atoms with van der Waals surface area (Å²) in [5.74, 6) is 0. The first-order valence-electron chi connectivity index (χ1n) is 19.7. The van der Waals surface area contributed by atoms with Crippen LogP contribution in [0, 0.1) is 0 Å². The summed E-state index contributed by atoms with van der Waals surface area (Å²) in [6.45, 7) is 0. The van der Waals surface area contributed by atoms with Crippen molar-refractivity contribution in [1.82, 2.24) is 4.57 Å². The van der Waals surface area contributed by atoms with E-state index in [4.69, 9.17) is 0 Å². The molecule has 0 bridgehead atoms. The highest BCUT2D eigenvalue weighted by molar-refractivity contribution is 7.27. The van der Waals surface area contributed by atoms with Crippen LogP contribution < -0.4 is 4.90 Å². The van der Waals surface area contributed by atoms with Crippen LogP contribution in [-0.4, -0.2) is 4.57 Å². The summed E-state index contributed by atoms with van der Waals surface area (Å²) in [7, 11) is 0. The number of hydrogen-bond donors (Lipinski definition) is 0. The number of rotatable bonds is 6. The predicted molar refractivity (Wildman–Crippen MR) is 252 cm³/mol. The Hall–Kier alpha value is -6.98. The van der Waals surface area contributed by atoms with E-state index in [2.05, 4.69) is 216 Å². The second-order valence-electron chi connectivity index (χ2n) is 14.9. The topological polar surface area (TPSA) is 8.17 Å². The zero-order chi connectivity index (χ0) is 38.2. The highest BCUT2D eigenvalue weighted by Gasteiger charge is 2.22. The third-order valence-corrected chi connectivity index (χ3v) is 14.0. The van der Waals surface area contributed by atoms with Crippen LogP contribution in [0.25, 0.3) is 90.1 Å². The molecule has 0 saturated heterocycles. The van der Waals surface area contributed by atoms with Gasteiger partial charge in [-0.15, -0.1) is 22.7 Å². The molecule has 0 aliphatic rings. The largest absolute Gasteiger partial charge is 0.309 e. The van der Waals surface area contributed by atoms with Gasteiger partial charge in [-0.25, -0.2) is 0 Å². The van der Waals surface area contributed by atoms with Gasteiger partial charge in [-0.05, 0) is 82.9 Å². The number of fused-ring (bicyclic) bond motifs is 9. The summed E-state index contributed by atoms with van der Waals surface area (Å²) in [4.78, 5) is 2.49. The smallest absolute Gasteiger partial charge is 0.0640 e. The molecule has 0 aliphatic heterocycles. The molecule has 12 rings (SSSR count). The highest BCUT2D eigenvalue weighted by atomic mass is 32.1. The number of anilines is 3. The Morgan fingerprint density at radius 1 is 0.328 bits per heavy atom. The first-order valence-corrected chi connectivity index (χ1v) is 21.3. The summed E-state index contributed by atoms with van der Waals surface area (Å²) < 4.78 is 7.61. The van der Waals surface area contributed by atoms with Gasteiger partial charge in [0.2, 0.25) is 0 Å². The van der Waals surface area contributed by atoms with Crippen molar-refractivity contribution in [3.05, 3.63) is 206 Å². The molecule has 0 radical (unpaired) electrons. The Bertz CT molecular complexity index is 3390. The van der Waals surface area contributed by atoms with Crippen molar-refractivity contribution in [3.8, 4) is 27.9 Å². The predicted octanol–water partition coefficient (Wildman–Crippen LogP) is 16.3. The Morgan fingerprint density at radius 2 is 0.810 bits per heavy atom. The van der Waals surface area contributed by atoms with Crippen LogP contribution in [0.4, 0.5) is 17.1 Å². The van der Waals surface area contributed by atoms with Crippen LogP contribution in [-0.2, 0) is 0 Å². The molecule has 272 valence electrons. The van der Waals surface area contributed by atoms with Gasteiger partial charge in [-0.3, -0.25) is 0 Å². The van der Waals surface area contributed by atoms with Crippen molar-refractivity contribution in [1.29, 1.82) is 0 Å². The quantitative estimate of drug-likeness (QED) is 0.163. The zero-order valence-corrected chi connectivity index (χ0v) is 33.0. The van der Waals surface area contributed by atoms with Gasteiger partial charge in [-0.2, -0.15) is 0 Å². The first kappa shape index (κ1) is 33.2. The van der Waals surface area contributed by atoms with E-state index in [1.165, 1.54) is 95.8 Å². The van der Waals surface area contributed by atoms with Gasteiger partial charge in [0.25, 0.3) is 0 Å². The molecule has 0 saturated carbocycles. The molecule has 4 heteroatoms. The maximum atomic E-state index is 2.49. The van der Waals surface area contributed by atoms with Crippen molar-refractivity contribution >= 4 is 102 Å². The summed E-state index contributed by atoms with van der Waals surface area (Å²) in [5.41, 5.74) is 11.9. The van der Waals surface area contributed by atoms with Gasteiger partial charge >= 0.3 is 0 Å². The van der Waals surface area contributed by atoms with Gasteiger partial charge in [0.1, 0.15) is 0 Å². The SMILES string of the molecule is c1ccc(-c2ccc(-n3c4ccccc4c4ccc(-c5ccc(N(c6cccc7c6sc6ccccc67)c6cccc7c6sc6ccccc67)cc5)cc43)cc2)cc1. The monoisotopic (exact) mass is 774 g/mol. The lowest BCUT2D eigenvalue weighted by atomic mass is 10.0. The maximum absolute atomic E-state index is 2.49. The number of hydrogen-bond acceptors (Lipinski definition) is 3. The summed E-state index contributed by atoms with van der Waals surface area (Å²) in [6, 6.07) is 75.6. The third-order valence-electron chi connectivity index (χ3n) is 11.6. The number of para-hydroxylation sites is 1. The molecule has 0 fully saturated rings. The number of benzene rings is 9. The summed E-state index contributed by atoms with van der Waals surface area (Å²) in [6.07, 6.45) is 0. The first-order chi connectivity index (χ1) is 28.8. The molecule has 12 aromatic rings. The molecule has 3 heterocycles. The highest BCUT2D eigenvalue weighted by Crippen LogP contribution is 2.49. The van der Waals surface area contributed by atoms with Crippen molar-refractivity contribution in [2.45, 2.75) is 0 Å². The fourth-order valence-electron chi connectivity index (χ4n) is 8.89. The fourth-order valence-corrected chi connectivity index (χ4v) is 11.3. The average molecular weight is 775 g/mol. The van der Waals surface area contributed by atoms with E-state index in [1.807, 2.05) is 22.7 Å². The van der Waals surface area contributed by atoms with E-state index in [9.17, 15) is 0 Å². The van der Waals surface area contributed by atoms with Gasteiger partial charge in [0.15, 0.2) is 0 Å². The summed E-state index contributed by atoms with van der Waals surface area (Å²) >= 11 is 3.75. The molecule has 58 heavy (non-hydrogen) atoms. The van der Waals surface area contributed by atoms with Crippen molar-refractivity contribution in [2.75, 3.05) is 4.90 Å². The molecule has 0 atom stereocenters. The standard InChI is InChI=1S/C54H34N2S2/c1-2-12-35(13-3-1)36-24-29-39(30-25-36)55-47-19-7-4-14-41(47)42-33-28-38(34-50(42)55)37-26-31-40(32-27-37)56(48-20-10-17-45-43-15-5-8-22-51(43)57-53(45)48)49-21-11-18-46-44-16-6-9-23-52(44)58-54(46)49/h1-34H.